The molecule has 0 saturated carbocycles. The minimum atomic E-state index is 0.509. The molecular formula is C36H22N4. The van der Waals surface area contributed by atoms with Crippen molar-refractivity contribution in [2.24, 2.45) is 0 Å². The van der Waals surface area contributed by atoms with Crippen LogP contribution in [0.4, 0.5) is 0 Å². The van der Waals surface area contributed by atoms with E-state index in [4.69, 9.17) is 19.9 Å². The van der Waals surface area contributed by atoms with Crippen LogP contribution in [0.15, 0.2) is 133 Å². The van der Waals surface area contributed by atoms with Gasteiger partial charge in [-0.1, -0.05) is 109 Å². The normalized spacial score (nSPS) is 11.5. The zero-order valence-electron chi connectivity index (χ0n) is 21.5. The third-order valence-corrected chi connectivity index (χ3v) is 7.45. The van der Waals surface area contributed by atoms with Crippen molar-refractivity contribution in [3.63, 3.8) is 0 Å². The number of fused-ring (bicyclic) bond motifs is 4. The topological polar surface area (TPSA) is 51.6 Å². The smallest absolute Gasteiger partial charge is 0.198 e. The van der Waals surface area contributed by atoms with Crippen LogP contribution >= 0.6 is 0 Å². The molecule has 0 amide bonds. The predicted molar refractivity (Wildman–Crippen MR) is 164 cm³/mol. The first-order chi connectivity index (χ1) is 19.8. The highest BCUT2D eigenvalue weighted by molar-refractivity contribution is 5.98. The molecular weight excluding hydrogens is 488 g/mol. The summed E-state index contributed by atoms with van der Waals surface area (Å²) >= 11 is 0. The summed E-state index contributed by atoms with van der Waals surface area (Å²) in [6.45, 7) is 0. The highest BCUT2D eigenvalue weighted by atomic mass is 15.0. The Morgan fingerprint density at radius 1 is 0.325 bits per heavy atom. The van der Waals surface area contributed by atoms with Crippen LogP contribution in [0.2, 0.25) is 0 Å². The second-order valence-corrected chi connectivity index (χ2v) is 9.95. The fourth-order valence-corrected chi connectivity index (χ4v) is 5.47. The van der Waals surface area contributed by atoms with Gasteiger partial charge in [0.1, 0.15) is 0 Å². The molecule has 8 aromatic rings. The number of nitrogens with zero attached hydrogens (tertiary/aromatic N) is 4. The molecule has 6 aromatic carbocycles. The number of benzene rings is 6. The lowest BCUT2D eigenvalue weighted by Crippen LogP contribution is -2.01. The first-order valence-corrected chi connectivity index (χ1v) is 13.3. The Morgan fingerprint density at radius 3 is 1.20 bits per heavy atom. The number of para-hydroxylation sites is 2. The van der Waals surface area contributed by atoms with Crippen molar-refractivity contribution < 1.29 is 0 Å². The van der Waals surface area contributed by atoms with Gasteiger partial charge in [-0.2, -0.15) is 0 Å². The van der Waals surface area contributed by atoms with E-state index in [-0.39, 0.29) is 0 Å². The van der Waals surface area contributed by atoms with Crippen LogP contribution in [0.25, 0.3) is 77.5 Å². The van der Waals surface area contributed by atoms with Gasteiger partial charge in [0.05, 0.1) is 22.4 Å². The summed E-state index contributed by atoms with van der Waals surface area (Å²) in [5.74, 6) is 1.02. The van der Waals surface area contributed by atoms with E-state index in [2.05, 4.69) is 97.1 Å². The summed E-state index contributed by atoms with van der Waals surface area (Å²) in [6, 6.07) is 45.9. The highest BCUT2D eigenvalue weighted by Crippen LogP contribution is 2.33. The van der Waals surface area contributed by atoms with E-state index in [0.29, 0.717) is 11.6 Å². The van der Waals surface area contributed by atoms with Gasteiger partial charge in [0, 0.05) is 21.9 Å². The number of hydrogen-bond acceptors (Lipinski definition) is 4. The van der Waals surface area contributed by atoms with Crippen molar-refractivity contribution in [2.45, 2.75) is 0 Å². The maximum absolute atomic E-state index is 5.10. The van der Waals surface area contributed by atoms with E-state index in [1.165, 1.54) is 21.5 Å². The van der Waals surface area contributed by atoms with Crippen LogP contribution in [0.5, 0.6) is 0 Å². The van der Waals surface area contributed by atoms with Gasteiger partial charge in [0.15, 0.2) is 11.6 Å². The van der Waals surface area contributed by atoms with Crippen molar-refractivity contribution in [1.82, 2.24) is 19.9 Å². The summed E-state index contributed by atoms with van der Waals surface area (Å²) in [4.78, 5) is 20.1. The summed E-state index contributed by atoms with van der Waals surface area (Å²) < 4.78 is 0. The molecule has 4 nitrogen and oxygen atoms in total. The third kappa shape index (κ3) is 3.77. The Labute approximate surface area is 230 Å². The van der Waals surface area contributed by atoms with E-state index in [9.17, 15) is 0 Å². The molecule has 2 heterocycles. The number of rotatable bonds is 3. The van der Waals surface area contributed by atoms with Gasteiger partial charge in [-0.3, -0.25) is 0 Å². The molecule has 4 heteroatoms. The minimum absolute atomic E-state index is 0.509. The second-order valence-electron chi connectivity index (χ2n) is 9.95. The molecule has 0 fully saturated rings. The Bertz CT molecular complexity index is 2080. The molecule has 0 radical (unpaired) electrons. The monoisotopic (exact) mass is 510 g/mol. The molecule has 0 aliphatic carbocycles. The van der Waals surface area contributed by atoms with Crippen LogP contribution in [-0.2, 0) is 0 Å². The quantitative estimate of drug-likeness (QED) is 0.238. The van der Waals surface area contributed by atoms with Gasteiger partial charge in [-0.25, -0.2) is 19.9 Å². The molecule has 186 valence electrons. The van der Waals surface area contributed by atoms with Crippen molar-refractivity contribution in [3.8, 4) is 34.2 Å². The molecule has 0 spiro atoms. The van der Waals surface area contributed by atoms with E-state index in [0.717, 1.165) is 44.3 Å². The number of hydrogen-bond donors (Lipinski definition) is 0. The highest BCUT2D eigenvalue weighted by Gasteiger charge is 2.17. The predicted octanol–water partition coefficient (Wildman–Crippen LogP) is 8.88. The fraction of sp³-hybridized carbons (Fsp3) is 0. The van der Waals surface area contributed by atoms with Crippen LogP contribution in [0.1, 0.15) is 0 Å². The van der Waals surface area contributed by atoms with Crippen LogP contribution < -0.4 is 0 Å². The van der Waals surface area contributed by atoms with Crippen LogP contribution in [-0.4, -0.2) is 19.9 Å². The van der Waals surface area contributed by atoms with Gasteiger partial charge >= 0.3 is 0 Å². The van der Waals surface area contributed by atoms with E-state index in [1.807, 2.05) is 36.4 Å². The van der Waals surface area contributed by atoms with E-state index >= 15 is 0 Å². The van der Waals surface area contributed by atoms with Gasteiger partial charge in [0.2, 0.25) is 0 Å². The molecule has 8 rings (SSSR count). The summed E-state index contributed by atoms with van der Waals surface area (Å²) in [6.07, 6.45) is 0. The molecule has 0 unspecified atom stereocenters. The van der Waals surface area contributed by atoms with Gasteiger partial charge < -0.3 is 0 Å². The van der Waals surface area contributed by atoms with E-state index in [1.54, 1.807) is 0 Å². The van der Waals surface area contributed by atoms with Crippen molar-refractivity contribution in [3.05, 3.63) is 133 Å². The summed E-state index contributed by atoms with van der Waals surface area (Å²) in [5.41, 5.74) is 5.54. The Kier molecular flexibility index (Phi) is 5.10. The maximum Gasteiger partial charge on any atom is 0.198 e. The number of aromatic nitrogens is 4. The van der Waals surface area contributed by atoms with E-state index < -0.39 is 0 Å². The lowest BCUT2D eigenvalue weighted by molar-refractivity contribution is 1.13. The molecule has 0 aliphatic rings. The molecule has 0 N–H and O–H groups in total. The maximum atomic E-state index is 5.10. The van der Waals surface area contributed by atoms with Gasteiger partial charge in [-0.15, -0.1) is 0 Å². The molecule has 0 atom stereocenters. The molecule has 0 saturated heterocycles. The van der Waals surface area contributed by atoms with Crippen LogP contribution in [0, 0.1) is 0 Å². The van der Waals surface area contributed by atoms with Gasteiger partial charge in [-0.05, 0) is 45.8 Å². The first kappa shape index (κ1) is 22.5. The average molecular weight is 511 g/mol. The lowest BCUT2D eigenvalue weighted by Gasteiger charge is -2.12. The van der Waals surface area contributed by atoms with Crippen LogP contribution in [0.3, 0.4) is 0 Å². The fourth-order valence-electron chi connectivity index (χ4n) is 5.47. The molecule has 0 aliphatic heterocycles. The standard InChI is InChI=1S/C36H22N4/c1-3-11-25-21-27(19-17-23(25)9-1)33-29-13-5-7-15-31(29)37-35(39-33)36-38-32-16-8-6-14-30(32)34(40-36)28-20-18-24-10-2-4-12-26(24)22-28/h1-22H. The van der Waals surface area contributed by atoms with Crippen molar-refractivity contribution >= 4 is 43.4 Å². The summed E-state index contributed by atoms with van der Waals surface area (Å²) in [5, 5.41) is 6.73. The zero-order chi connectivity index (χ0) is 26.5. The van der Waals surface area contributed by atoms with Crippen molar-refractivity contribution in [1.29, 1.82) is 0 Å². The average Bonchev–Trinajstić information content (AvgIpc) is 3.03. The summed E-state index contributed by atoms with van der Waals surface area (Å²) in [7, 11) is 0. The lowest BCUT2D eigenvalue weighted by atomic mass is 10.0. The Morgan fingerprint density at radius 2 is 0.725 bits per heavy atom. The van der Waals surface area contributed by atoms with Crippen molar-refractivity contribution in [2.75, 3.05) is 0 Å². The van der Waals surface area contributed by atoms with Gasteiger partial charge in [0.25, 0.3) is 0 Å². The SMILES string of the molecule is c1ccc2cc(-c3nc(-c4nc(-c5ccc6ccccc6c5)c5ccccc5n4)nc4ccccc34)ccc2c1. The first-order valence-electron chi connectivity index (χ1n) is 13.3. The molecule has 2 aromatic heterocycles. The molecule has 0 bridgehead atoms. The largest absolute Gasteiger partial charge is 0.225 e. The zero-order valence-corrected chi connectivity index (χ0v) is 21.5. The Hall–Kier alpha value is -5.48. The second kappa shape index (κ2) is 9.07. The minimum Gasteiger partial charge on any atom is -0.225 e. The third-order valence-electron chi connectivity index (χ3n) is 7.45. The Balaban J connectivity index is 1.37. The molecule has 40 heavy (non-hydrogen) atoms.